The molecule has 45 heavy (non-hydrogen) atoms. The van der Waals surface area contributed by atoms with Crippen LogP contribution in [-0.2, 0) is 14.2 Å². The van der Waals surface area contributed by atoms with Gasteiger partial charge in [0.1, 0.15) is 71.3 Å². The molecule has 2 aromatic carbocycles. The Morgan fingerprint density at radius 1 is 0.689 bits per heavy atom. The van der Waals surface area contributed by atoms with Crippen LogP contribution in [-0.4, -0.2) is 136 Å². The fraction of sp³-hybridized carbons (Fsp3) is 0.444. The molecule has 2 aliphatic rings. The number of fused-ring (bicyclic) bond motifs is 1. The fourth-order valence-electron chi connectivity index (χ4n) is 4.96. The van der Waals surface area contributed by atoms with Crippen molar-refractivity contribution < 1.29 is 84.6 Å². The van der Waals surface area contributed by atoms with Crippen LogP contribution in [0.4, 0.5) is 0 Å². The molecule has 0 amide bonds. The van der Waals surface area contributed by atoms with Gasteiger partial charge in [0.05, 0.1) is 13.2 Å². The van der Waals surface area contributed by atoms with Crippen LogP contribution < -0.4 is 10.2 Å². The van der Waals surface area contributed by atoms with E-state index in [9.17, 15) is 66.1 Å². The third-order valence-electron chi connectivity index (χ3n) is 7.43. The zero-order chi connectivity index (χ0) is 32.9. The number of hydrogen-bond acceptors (Lipinski definition) is 18. The van der Waals surface area contributed by atoms with Crippen molar-refractivity contribution in [2.75, 3.05) is 13.2 Å². The predicted molar refractivity (Wildman–Crippen MR) is 143 cm³/mol. The molecule has 18 heteroatoms. The van der Waals surface area contributed by atoms with Crippen molar-refractivity contribution in [3.63, 3.8) is 0 Å². The standard InChI is InChI=1S/C27H30O18/c28-5-13-17(34)20(37)22(39)26(43-13)41-6-14-18(35)21(38)23(40)27(44-14)45-25-19(36)15-9(30)3-8(29)4-12(15)42-24(25)7-1-10(31)16(33)11(32)2-7/h1-4,13-14,17-18,20-23,26-35,37-40H,5-6H2/t13-,14-,17+,18-,20-,21-,22+,23-,26+,27-/m1/s1. The molecule has 0 aliphatic carbocycles. The molecule has 1 aromatic heterocycles. The van der Waals surface area contributed by atoms with Crippen molar-refractivity contribution in [2.45, 2.75) is 61.4 Å². The SMILES string of the molecule is O=c1c(O[C@H]2O[C@H](CO[C@H]3O[C@H](CO)[C@H](O)[C@@H](O)[C@@H]3O)[C@@H](O)[C@@H](O)[C@H]2O)c(-c2cc(O)c(O)c(O)c2)oc2cc(O)cc(O)c12. The highest BCUT2D eigenvalue weighted by molar-refractivity contribution is 5.88. The van der Waals surface area contributed by atoms with E-state index in [4.69, 9.17) is 23.4 Å². The molecule has 2 fully saturated rings. The number of aliphatic hydroxyl groups excluding tert-OH is 7. The average molecular weight is 643 g/mol. The number of phenols is 5. The summed E-state index contributed by atoms with van der Waals surface area (Å²) in [6.45, 7) is -1.47. The van der Waals surface area contributed by atoms with Crippen molar-refractivity contribution in [1.82, 2.24) is 0 Å². The second-order valence-corrected chi connectivity index (χ2v) is 10.5. The zero-order valence-corrected chi connectivity index (χ0v) is 22.8. The summed E-state index contributed by atoms with van der Waals surface area (Å²) in [5.74, 6) is -5.28. The van der Waals surface area contributed by atoms with Gasteiger partial charge in [0.2, 0.25) is 17.5 Å². The van der Waals surface area contributed by atoms with Crippen LogP contribution in [0.3, 0.4) is 0 Å². The van der Waals surface area contributed by atoms with E-state index in [1.807, 2.05) is 0 Å². The highest BCUT2D eigenvalue weighted by Crippen LogP contribution is 2.43. The first kappa shape index (κ1) is 32.4. The minimum absolute atomic E-state index is 0.284. The zero-order valence-electron chi connectivity index (χ0n) is 22.8. The highest BCUT2D eigenvalue weighted by Gasteiger charge is 2.48. The molecule has 0 bridgehead atoms. The van der Waals surface area contributed by atoms with Gasteiger partial charge in [-0.3, -0.25) is 4.79 Å². The number of phenolic OH excluding ortho intramolecular Hbond substituents is 5. The van der Waals surface area contributed by atoms with Crippen molar-refractivity contribution in [3.05, 3.63) is 34.5 Å². The number of aliphatic hydroxyl groups is 7. The van der Waals surface area contributed by atoms with E-state index in [0.717, 1.165) is 24.3 Å². The van der Waals surface area contributed by atoms with Crippen LogP contribution in [0.1, 0.15) is 0 Å². The molecule has 2 saturated heterocycles. The number of aromatic hydroxyl groups is 5. The van der Waals surface area contributed by atoms with Gasteiger partial charge in [-0.25, -0.2) is 0 Å². The van der Waals surface area contributed by atoms with E-state index in [1.54, 1.807) is 0 Å². The van der Waals surface area contributed by atoms with Crippen LogP contribution in [0.5, 0.6) is 34.5 Å². The minimum Gasteiger partial charge on any atom is -0.508 e. The summed E-state index contributed by atoms with van der Waals surface area (Å²) in [6.07, 6.45) is -17.8. The van der Waals surface area contributed by atoms with E-state index in [2.05, 4.69) is 0 Å². The Balaban J connectivity index is 1.49. The average Bonchev–Trinajstić information content (AvgIpc) is 2.99. The largest absolute Gasteiger partial charge is 0.508 e. The normalized spacial score (nSPS) is 32.1. The summed E-state index contributed by atoms with van der Waals surface area (Å²) in [6, 6.07) is 3.51. The van der Waals surface area contributed by atoms with E-state index < -0.39 is 131 Å². The van der Waals surface area contributed by atoms with Gasteiger partial charge in [0.15, 0.2) is 29.3 Å². The maximum absolute atomic E-state index is 13.6. The van der Waals surface area contributed by atoms with E-state index >= 15 is 0 Å². The van der Waals surface area contributed by atoms with Crippen molar-refractivity contribution in [2.24, 2.45) is 0 Å². The lowest BCUT2D eigenvalue weighted by Crippen LogP contribution is -2.62. The lowest BCUT2D eigenvalue weighted by Gasteiger charge is -2.42. The topological polar surface area (TPSA) is 310 Å². The van der Waals surface area contributed by atoms with Gasteiger partial charge in [-0.2, -0.15) is 0 Å². The Bertz CT molecular complexity index is 1580. The van der Waals surface area contributed by atoms with Crippen LogP contribution in [0.15, 0.2) is 33.5 Å². The summed E-state index contributed by atoms with van der Waals surface area (Å²) >= 11 is 0. The van der Waals surface area contributed by atoms with Crippen LogP contribution in [0.25, 0.3) is 22.3 Å². The third-order valence-corrected chi connectivity index (χ3v) is 7.43. The molecule has 12 N–H and O–H groups in total. The molecular formula is C27H30O18. The second-order valence-electron chi connectivity index (χ2n) is 10.5. The smallest absolute Gasteiger partial charge is 0.239 e. The van der Waals surface area contributed by atoms with Crippen molar-refractivity contribution >= 4 is 11.0 Å². The van der Waals surface area contributed by atoms with Gasteiger partial charge in [-0.15, -0.1) is 0 Å². The van der Waals surface area contributed by atoms with E-state index in [-0.39, 0.29) is 5.56 Å². The summed E-state index contributed by atoms with van der Waals surface area (Å²) in [5.41, 5.74) is -1.80. The summed E-state index contributed by atoms with van der Waals surface area (Å²) in [7, 11) is 0. The monoisotopic (exact) mass is 642 g/mol. The molecule has 0 spiro atoms. The van der Waals surface area contributed by atoms with E-state index in [1.165, 1.54) is 0 Å². The molecule has 3 heterocycles. The third kappa shape index (κ3) is 5.91. The number of hydrogen-bond donors (Lipinski definition) is 12. The quantitative estimate of drug-likeness (QED) is 0.114. The molecule has 3 aromatic rings. The lowest BCUT2D eigenvalue weighted by molar-refractivity contribution is -0.323. The second kappa shape index (κ2) is 12.4. The number of rotatable bonds is 7. The molecule has 0 saturated carbocycles. The summed E-state index contributed by atoms with van der Waals surface area (Å²) in [5, 5.41) is 121. The fourth-order valence-corrected chi connectivity index (χ4v) is 4.96. The molecule has 246 valence electrons. The van der Waals surface area contributed by atoms with Gasteiger partial charge in [-0.1, -0.05) is 0 Å². The Kier molecular flexibility index (Phi) is 8.97. The maximum Gasteiger partial charge on any atom is 0.239 e. The van der Waals surface area contributed by atoms with Crippen LogP contribution in [0, 0.1) is 0 Å². The van der Waals surface area contributed by atoms with Gasteiger partial charge in [0.25, 0.3) is 0 Å². The van der Waals surface area contributed by atoms with Crippen LogP contribution >= 0.6 is 0 Å². The molecular weight excluding hydrogens is 612 g/mol. The first-order valence-electron chi connectivity index (χ1n) is 13.3. The molecule has 18 nitrogen and oxygen atoms in total. The van der Waals surface area contributed by atoms with Gasteiger partial charge >= 0.3 is 0 Å². The molecule has 0 unspecified atom stereocenters. The maximum atomic E-state index is 13.6. The predicted octanol–water partition coefficient (Wildman–Crippen LogP) is -3.01. The summed E-state index contributed by atoms with van der Waals surface area (Å²) < 4.78 is 27.5. The minimum atomic E-state index is -2.05. The highest BCUT2D eigenvalue weighted by atomic mass is 16.7. The lowest BCUT2D eigenvalue weighted by atomic mass is 9.98. The molecule has 10 atom stereocenters. The number of ether oxygens (including phenoxy) is 4. The van der Waals surface area contributed by atoms with E-state index in [0.29, 0.717) is 0 Å². The Morgan fingerprint density at radius 2 is 1.27 bits per heavy atom. The number of benzene rings is 2. The summed E-state index contributed by atoms with van der Waals surface area (Å²) in [4.78, 5) is 13.6. The Morgan fingerprint density at radius 3 is 1.89 bits per heavy atom. The molecule has 5 rings (SSSR count). The van der Waals surface area contributed by atoms with Crippen molar-refractivity contribution in [1.29, 1.82) is 0 Å². The Hall–Kier alpha value is -3.95. The van der Waals surface area contributed by atoms with Gasteiger partial charge in [0, 0.05) is 17.7 Å². The molecule has 0 radical (unpaired) electrons. The molecule has 2 aliphatic heterocycles. The van der Waals surface area contributed by atoms with Gasteiger partial charge in [-0.05, 0) is 12.1 Å². The first-order chi connectivity index (χ1) is 21.2. The van der Waals surface area contributed by atoms with Crippen LogP contribution in [0.2, 0.25) is 0 Å². The Labute approximate surface area is 250 Å². The van der Waals surface area contributed by atoms with Gasteiger partial charge < -0.3 is 84.6 Å². The first-order valence-corrected chi connectivity index (χ1v) is 13.3. The van der Waals surface area contributed by atoms with Crippen molar-refractivity contribution in [3.8, 4) is 45.8 Å².